The van der Waals surface area contributed by atoms with Crippen molar-refractivity contribution in [1.29, 1.82) is 0 Å². The Balaban J connectivity index is 2.45. The van der Waals surface area contributed by atoms with Gasteiger partial charge in [0.25, 0.3) is 5.91 Å². The van der Waals surface area contributed by atoms with Crippen molar-refractivity contribution in [2.45, 2.75) is 25.5 Å². The molecule has 0 bridgehead atoms. The maximum atomic E-state index is 11.3. The molecule has 0 saturated carbocycles. The van der Waals surface area contributed by atoms with E-state index in [1.54, 1.807) is 11.9 Å². The molecule has 0 spiro atoms. The quantitative estimate of drug-likeness (QED) is 0.680. The Morgan fingerprint density at radius 1 is 1.75 bits per heavy atom. The fourth-order valence-corrected chi connectivity index (χ4v) is 2.57. The minimum atomic E-state index is -0.861. The second-order valence-electron chi connectivity index (χ2n) is 3.14. The lowest BCUT2D eigenvalue weighted by Gasteiger charge is -2.24. The summed E-state index contributed by atoms with van der Waals surface area (Å²) in [5.41, 5.74) is 0. The Bertz CT molecular complexity index is 166. The maximum absolute atomic E-state index is 11.3. The first-order valence-electron chi connectivity index (χ1n) is 4.15. The van der Waals surface area contributed by atoms with Crippen LogP contribution in [-0.2, 0) is 4.79 Å². The first kappa shape index (κ1) is 9.86. The van der Waals surface area contributed by atoms with E-state index in [0.717, 1.165) is 17.9 Å². The molecule has 1 rings (SSSR count). The van der Waals surface area contributed by atoms with E-state index in [-0.39, 0.29) is 5.91 Å². The van der Waals surface area contributed by atoms with Crippen LogP contribution in [0.3, 0.4) is 0 Å². The molecule has 12 heavy (non-hydrogen) atoms. The summed E-state index contributed by atoms with van der Waals surface area (Å²) < 4.78 is 0. The fraction of sp³-hybridized carbons (Fsp3) is 0.875. The number of thioether (sulfide) groups is 1. The molecular weight excluding hydrogens is 174 g/mol. The molecule has 1 saturated heterocycles. The molecule has 1 amide bonds. The predicted molar refractivity (Wildman–Crippen MR) is 50.2 cm³/mol. The molecule has 0 radical (unpaired) electrons. The monoisotopic (exact) mass is 189 g/mol. The van der Waals surface area contributed by atoms with Gasteiger partial charge in [0.15, 0.2) is 0 Å². The van der Waals surface area contributed by atoms with Gasteiger partial charge in [0, 0.05) is 18.8 Å². The van der Waals surface area contributed by atoms with Gasteiger partial charge in [-0.25, -0.2) is 0 Å². The number of carbonyl (C=O) groups is 1. The number of aliphatic hydroxyl groups is 1. The molecular formula is C8H15NO2S. The van der Waals surface area contributed by atoms with Crippen LogP contribution < -0.4 is 0 Å². The second kappa shape index (κ2) is 4.14. The number of hydrogen-bond acceptors (Lipinski definition) is 3. The van der Waals surface area contributed by atoms with E-state index in [0.29, 0.717) is 6.04 Å². The van der Waals surface area contributed by atoms with E-state index in [9.17, 15) is 4.79 Å². The lowest BCUT2D eigenvalue weighted by Crippen LogP contribution is -2.41. The van der Waals surface area contributed by atoms with Crippen LogP contribution >= 0.6 is 11.8 Å². The van der Waals surface area contributed by atoms with Crippen molar-refractivity contribution in [2.24, 2.45) is 0 Å². The molecule has 1 heterocycles. The summed E-state index contributed by atoms with van der Waals surface area (Å²) in [4.78, 5) is 13.0. The van der Waals surface area contributed by atoms with Gasteiger partial charge < -0.3 is 10.0 Å². The van der Waals surface area contributed by atoms with Crippen LogP contribution in [0.25, 0.3) is 0 Å². The summed E-state index contributed by atoms with van der Waals surface area (Å²) in [6, 6.07) is 0.331. The van der Waals surface area contributed by atoms with Gasteiger partial charge >= 0.3 is 0 Å². The van der Waals surface area contributed by atoms with Gasteiger partial charge in [0.05, 0.1) is 0 Å². The molecule has 1 unspecified atom stereocenters. The van der Waals surface area contributed by atoms with Gasteiger partial charge in [-0.3, -0.25) is 4.79 Å². The van der Waals surface area contributed by atoms with Crippen molar-refractivity contribution >= 4 is 17.7 Å². The Morgan fingerprint density at radius 3 is 2.83 bits per heavy atom. The summed E-state index contributed by atoms with van der Waals surface area (Å²) in [6.07, 6.45) is 0.195. The maximum Gasteiger partial charge on any atom is 0.251 e. The third kappa shape index (κ3) is 2.14. The van der Waals surface area contributed by atoms with Crippen LogP contribution in [-0.4, -0.2) is 46.6 Å². The van der Waals surface area contributed by atoms with E-state index in [1.165, 1.54) is 6.92 Å². The Hall–Kier alpha value is -0.220. The van der Waals surface area contributed by atoms with Gasteiger partial charge in [-0.2, -0.15) is 11.8 Å². The minimum Gasteiger partial charge on any atom is -0.384 e. The molecule has 0 aromatic carbocycles. The molecule has 3 nitrogen and oxygen atoms in total. The van der Waals surface area contributed by atoms with Crippen LogP contribution in [0.5, 0.6) is 0 Å². The van der Waals surface area contributed by atoms with Crippen LogP contribution in [0.4, 0.5) is 0 Å². The molecule has 70 valence electrons. The van der Waals surface area contributed by atoms with Crippen LogP contribution in [0.15, 0.2) is 0 Å². The molecule has 1 aliphatic heterocycles. The van der Waals surface area contributed by atoms with Crippen LogP contribution in [0.1, 0.15) is 13.3 Å². The van der Waals surface area contributed by atoms with Gasteiger partial charge in [-0.05, 0) is 19.1 Å². The van der Waals surface area contributed by atoms with Crippen molar-refractivity contribution < 1.29 is 9.90 Å². The Labute approximate surface area is 77.1 Å². The summed E-state index contributed by atoms with van der Waals surface area (Å²) in [6.45, 7) is 1.51. The highest BCUT2D eigenvalue weighted by molar-refractivity contribution is 7.99. The lowest BCUT2D eigenvalue weighted by atomic mass is 10.2. The standard InChI is InChI=1S/C8H15NO2S/c1-6(10)8(11)9(2)7-3-4-12-5-7/h6-7,10H,3-5H2,1-2H3/t6-,7?/m1/s1. The third-order valence-electron chi connectivity index (χ3n) is 2.16. The number of carbonyl (C=O) groups excluding carboxylic acids is 1. The highest BCUT2D eigenvalue weighted by atomic mass is 32.2. The van der Waals surface area contributed by atoms with E-state index >= 15 is 0 Å². The largest absolute Gasteiger partial charge is 0.384 e. The lowest BCUT2D eigenvalue weighted by molar-refractivity contribution is -0.139. The molecule has 0 aromatic rings. The molecule has 0 aromatic heterocycles. The van der Waals surface area contributed by atoms with E-state index in [2.05, 4.69) is 0 Å². The highest BCUT2D eigenvalue weighted by Gasteiger charge is 2.25. The molecule has 2 atom stereocenters. The smallest absolute Gasteiger partial charge is 0.251 e. The normalized spacial score (nSPS) is 25.4. The topological polar surface area (TPSA) is 40.5 Å². The Morgan fingerprint density at radius 2 is 2.42 bits per heavy atom. The van der Waals surface area contributed by atoms with Gasteiger partial charge in [0.2, 0.25) is 0 Å². The summed E-state index contributed by atoms with van der Waals surface area (Å²) in [5.74, 6) is 1.97. The molecule has 4 heteroatoms. The van der Waals surface area contributed by atoms with Crippen LogP contribution in [0.2, 0.25) is 0 Å². The molecule has 1 N–H and O–H groups in total. The van der Waals surface area contributed by atoms with Crippen molar-refractivity contribution in [1.82, 2.24) is 4.90 Å². The first-order chi connectivity index (χ1) is 5.63. The third-order valence-corrected chi connectivity index (χ3v) is 3.30. The predicted octanol–water partition coefficient (Wildman–Crippen LogP) is 0.331. The molecule has 1 aliphatic rings. The zero-order chi connectivity index (χ0) is 9.14. The average Bonchev–Trinajstić information content (AvgIpc) is 2.53. The fourth-order valence-electron chi connectivity index (χ4n) is 1.30. The van der Waals surface area contributed by atoms with E-state index in [4.69, 9.17) is 5.11 Å². The van der Waals surface area contributed by atoms with Crippen LogP contribution in [0, 0.1) is 0 Å². The summed E-state index contributed by atoms with van der Waals surface area (Å²) in [7, 11) is 1.77. The first-order valence-corrected chi connectivity index (χ1v) is 5.31. The number of rotatable bonds is 2. The summed E-state index contributed by atoms with van der Waals surface area (Å²) >= 11 is 1.86. The zero-order valence-corrected chi connectivity index (χ0v) is 8.30. The molecule has 0 aliphatic carbocycles. The number of likely N-dealkylation sites (N-methyl/N-ethyl adjacent to an activating group) is 1. The zero-order valence-electron chi connectivity index (χ0n) is 7.49. The summed E-state index contributed by atoms with van der Waals surface area (Å²) in [5, 5.41) is 9.05. The van der Waals surface area contributed by atoms with Gasteiger partial charge in [-0.1, -0.05) is 0 Å². The van der Waals surface area contributed by atoms with Crippen molar-refractivity contribution in [3.05, 3.63) is 0 Å². The van der Waals surface area contributed by atoms with Gasteiger partial charge in [-0.15, -0.1) is 0 Å². The van der Waals surface area contributed by atoms with Crippen molar-refractivity contribution in [3.8, 4) is 0 Å². The van der Waals surface area contributed by atoms with Crippen molar-refractivity contribution in [3.63, 3.8) is 0 Å². The number of aliphatic hydroxyl groups excluding tert-OH is 1. The second-order valence-corrected chi connectivity index (χ2v) is 4.29. The van der Waals surface area contributed by atoms with Crippen molar-refractivity contribution in [2.75, 3.05) is 18.6 Å². The number of nitrogens with zero attached hydrogens (tertiary/aromatic N) is 1. The van der Waals surface area contributed by atoms with E-state index in [1.807, 2.05) is 11.8 Å². The highest BCUT2D eigenvalue weighted by Crippen LogP contribution is 2.21. The minimum absolute atomic E-state index is 0.164. The average molecular weight is 189 g/mol. The molecule has 1 fully saturated rings. The SMILES string of the molecule is C[C@@H](O)C(=O)N(C)C1CCSC1. The Kier molecular flexibility index (Phi) is 3.40. The number of amides is 1. The number of hydrogen-bond donors (Lipinski definition) is 1. The van der Waals surface area contributed by atoms with Gasteiger partial charge in [0.1, 0.15) is 6.10 Å². The van der Waals surface area contributed by atoms with E-state index < -0.39 is 6.10 Å².